The number of carbonyl (C=O) groups is 1. The molecule has 1 heterocycles. The number of rotatable bonds is 6. The van der Waals surface area contributed by atoms with Crippen LogP contribution in [0.3, 0.4) is 0 Å². The van der Waals surface area contributed by atoms with E-state index in [2.05, 4.69) is 30.4 Å². The van der Waals surface area contributed by atoms with Gasteiger partial charge in [0, 0.05) is 18.1 Å². The Morgan fingerprint density at radius 1 is 1.20 bits per heavy atom. The minimum Gasteiger partial charge on any atom is -0.349 e. The van der Waals surface area contributed by atoms with Crippen LogP contribution in [-0.2, 0) is 14.8 Å². The molecular formula is C23H29ClN2O3S. The van der Waals surface area contributed by atoms with Gasteiger partial charge in [-0.2, -0.15) is 4.31 Å². The van der Waals surface area contributed by atoms with Crippen LogP contribution in [0.1, 0.15) is 48.9 Å². The number of aryl methyl sites for hydroxylation is 2. The van der Waals surface area contributed by atoms with Gasteiger partial charge in [0.25, 0.3) is 0 Å². The van der Waals surface area contributed by atoms with Crippen molar-refractivity contribution in [2.24, 2.45) is 5.92 Å². The van der Waals surface area contributed by atoms with Crippen molar-refractivity contribution in [2.45, 2.75) is 51.0 Å². The lowest BCUT2D eigenvalue weighted by molar-refractivity contribution is -0.126. The number of carbonyl (C=O) groups excluding carboxylic acids is 1. The van der Waals surface area contributed by atoms with Gasteiger partial charge in [-0.15, -0.1) is 0 Å². The monoisotopic (exact) mass is 448 g/mol. The molecule has 0 bridgehead atoms. The number of amides is 1. The van der Waals surface area contributed by atoms with E-state index in [0.29, 0.717) is 24.4 Å². The summed E-state index contributed by atoms with van der Waals surface area (Å²) in [4.78, 5) is 13.2. The van der Waals surface area contributed by atoms with E-state index in [0.717, 1.165) is 17.5 Å². The van der Waals surface area contributed by atoms with Gasteiger partial charge in [-0.05, 0) is 68.5 Å². The number of piperidine rings is 1. The Kier molecular flexibility index (Phi) is 7.22. The minimum atomic E-state index is -3.65. The highest BCUT2D eigenvalue weighted by molar-refractivity contribution is 7.89. The summed E-state index contributed by atoms with van der Waals surface area (Å²) in [5.41, 5.74) is 3.45. The molecule has 5 nitrogen and oxygen atoms in total. The second-order valence-electron chi connectivity index (χ2n) is 7.99. The number of halogens is 1. The second kappa shape index (κ2) is 9.50. The van der Waals surface area contributed by atoms with Gasteiger partial charge in [0.2, 0.25) is 15.9 Å². The normalized spacial score (nSPS) is 18.7. The number of hydrogen-bond acceptors (Lipinski definition) is 3. The lowest BCUT2D eigenvalue weighted by Gasteiger charge is -2.32. The Bertz CT molecular complexity index is 1010. The highest BCUT2D eigenvalue weighted by atomic mass is 35.5. The first-order valence-corrected chi connectivity index (χ1v) is 12.2. The molecule has 2 aromatic rings. The maximum absolute atomic E-state index is 13.0. The van der Waals surface area contributed by atoms with Crippen molar-refractivity contribution in [1.82, 2.24) is 9.62 Å². The zero-order valence-corrected chi connectivity index (χ0v) is 19.3. The van der Waals surface area contributed by atoms with Gasteiger partial charge in [0.15, 0.2) is 0 Å². The average Bonchev–Trinajstić information content (AvgIpc) is 2.72. The Morgan fingerprint density at radius 3 is 2.53 bits per heavy atom. The first kappa shape index (κ1) is 22.8. The van der Waals surface area contributed by atoms with Crippen LogP contribution in [0, 0.1) is 19.8 Å². The SMILES string of the molecule is CC[C@H](NC(=O)[C@H]1CCCN(S(=O)(=O)c2ccc(Cl)cc2)C1)c1ccc(C)cc1C. The third kappa shape index (κ3) is 5.05. The molecule has 0 spiro atoms. The van der Waals surface area contributed by atoms with Gasteiger partial charge in [-0.25, -0.2) is 8.42 Å². The summed E-state index contributed by atoms with van der Waals surface area (Å²) in [6.07, 6.45) is 2.11. The smallest absolute Gasteiger partial charge is 0.243 e. The van der Waals surface area contributed by atoms with E-state index in [9.17, 15) is 13.2 Å². The molecule has 7 heteroatoms. The fraction of sp³-hybridized carbons (Fsp3) is 0.435. The lowest BCUT2D eigenvalue weighted by atomic mass is 9.95. The Hall–Kier alpha value is -1.89. The summed E-state index contributed by atoms with van der Waals surface area (Å²) in [5, 5.41) is 3.64. The van der Waals surface area contributed by atoms with Crippen molar-refractivity contribution in [1.29, 1.82) is 0 Å². The van der Waals surface area contributed by atoms with Crippen LogP contribution in [0.25, 0.3) is 0 Å². The van der Waals surface area contributed by atoms with Crippen LogP contribution in [0.15, 0.2) is 47.4 Å². The Morgan fingerprint density at radius 2 is 1.90 bits per heavy atom. The van der Waals surface area contributed by atoms with E-state index in [1.54, 1.807) is 12.1 Å². The number of nitrogens with one attached hydrogen (secondary N) is 1. The Labute approximate surface area is 184 Å². The van der Waals surface area contributed by atoms with E-state index in [1.807, 2.05) is 13.8 Å². The molecule has 2 aromatic carbocycles. The number of hydrogen-bond donors (Lipinski definition) is 1. The van der Waals surface area contributed by atoms with Gasteiger partial charge in [-0.1, -0.05) is 42.3 Å². The molecule has 0 unspecified atom stereocenters. The third-order valence-corrected chi connectivity index (χ3v) is 7.86. The van der Waals surface area contributed by atoms with Crippen LogP contribution in [-0.4, -0.2) is 31.7 Å². The van der Waals surface area contributed by atoms with Gasteiger partial charge < -0.3 is 5.32 Å². The topological polar surface area (TPSA) is 66.5 Å². The van der Waals surface area contributed by atoms with Gasteiger partial charge in [0.1, 0.15) is 0 Å². The molecule has 1 saturated heterocycles. The summed E-state index contributed by atoms with van der Waals surface area (Å²) in [5.74, 6) is -0.446. The first-order chi connectivity index (χ1) is 14.2. The van der Waals surface area contributed by atoms with E-state index in [-0.39, 0.29) is 29.3 Å². The van der Waals surface area contributed by atoms with E-state index in [1.165, 1.54) is 22.0 Å². The maximum Gasteiger partial charge on any atom is 0.243 e. The molecule has 1 amide bonds. The van der Waals surface area contributed by atoms with Gasteiger partial charge >= 0.3 is 0 Å². The molecule has 1 N–H and O–H groups in total. The standard InChI is InChI=1S/C23H29ClN2O3S/c1-4-22(21-12-7-16(2)14-17(21)3)25-23(27)18-6-5-13-26(15-18)30(28,29)20-10-8-19(24)9-11-20/h7-12,14,18,22H,4-6,13,15H2,1-3H3,(H,25,27)/t18-,22-/m0/s1. The van der Waals surface area contributed by atoms with E-state index in [4.69, 9.17) is 11.6 Å². The number of nitrogens with zero attached hydrogens (tertiary/aromatic N) is 1. The van der Waals surface area contributed by atoms with Crippen LogP contribution in [0.2, 0.25) is 5.02 Å². The van der Waals surface area contributed by atoms with Crippen molar-refractivity contribution in [3.8, 4) is 0 Å². The zero-order valence-electron chi connectivity index (χ0n) is 17.7. The quantitative estimate of drug-likeness (QED) is 0.700. The largest absolute Gasteiger partial charge is 0.349 e. The molecule has 1 fully saturated rings. The number of benzene rings is 2. The molecular weight excluding hydrogens is 420 g/mol. The van der Waals surface area contributed by atoms with E-state index < -0.39 is 10.0 Å². The zero-order chi connectivity index (χ0) is 21.9. The van der Waals surface area contributed by atoms with E-state index >= 15 is 0 Å². The molecule has 0 radical (unpaired) electrons. The van der Waals surface area contributed by atoms with Crippen LogP contribution < -0.4 is 5.32 Å². The third-order valence-electron chi connectivity index (χ3n) is 5.73. The molecule has 30 heavy (non-hydrogen) atoms. The summed E-state index contributed by atoms with van der Waals surface area (Å²) in [6, 6.07) is 12.3. The van der Waals surface area contributed by atoms with Gasteiger partial charge in [0.05, 0.1) is 16.9 Å². The fourth-order valence-electron chi connectivity index (χ4n) is 4.04. The van der Waals surface area contributed by atoms with Crippen LogP contribution >= 0.6 is 11.6 Å². The van der Waals surface area contributed by atoms with Crippen molar-refractivity contribution in [2.75, 3.05) is 13.1 Å². The van der Waals surface area contributed by atoms with Crippen molar-refractivity contribution >= 4 is 27.5 Å². The predicted octanol–water partition coefficient (Wildman–Crippen LogP) is 4.63. The molecule has 3 rings (SSSR count). The second-order valence-corrected chi connectivity index (χ2v) is 10.4. The van der Waals surface area contributed by atoms with Crippen molar-refractivity contribution in [3.63, 3.8) is 0 Å². The maximum atomic E-state index is 13.0. The number of sulfonamides is 1. The summed E-state index contributed by atoms with van der Waals surface area (Å²) in [6.45, 7) is 6.76. The first-order valence-electron chi connectivity index (χ1n) is 10.4. The van der Waals surface area contributed by atoms with Gasteiger partial charge in [-0.3, -0.25) is 4.79 Å². The molecule has 162 valence electrons. The molecule has 0 aliphatic carbocycles. The summed E-state index contributed by atoms with van der Waals surface area (Å²) < 4.78 is 27.4. The highest BCUT2D eigenvalue weighted by Crippen LogP contribution is 2.27. The fourth-order valence-corrected chi connectivity index (χ4v) is 5.69. The van der Waals surface area contributed by atoms with Crippen LogP contribution in [0.4, 0.5) is 0 Å². The van der Waals surface area contributed by atoms with Crippen molar-refractivity contribution < 1.29 is 13.2 Å². The average molecular weight is 449 g/mol. The molecule has 0 saturated carbocycles. The molecule has 0 aromatic heterocycles. The molecule has 2 atom stereocenters. The summed E-state index contributed by atoms with van der Waals surface area (Å²) in [7, 11) is -3.65. The summed E-state index contributed by atoms with van der Waals surface area (Å²) >= 11 is 5.88. The van der Waals surface area contributed by atoms with Crippen LogP contribution in [0.5, 0.6) is 0 Å². The van der Waals surface area contributed by atoms with Crippen molar-refractivity contribution in [3.05, 3.63) is 64.2 Å². The predicted molar refractivity (Wildman–Crippen MR) is 120 cm³/mol. The molecule has 1 aliphatic rings. The highest BCUT2D eigenvalue weighted by Gasteiger charge is 2.34. The minimum absolute atomic E-state index is 0.0821. The Balaban J connectivity index is 1.72. The lowest BCUT2D eigenvalue weighted by Crippen LogP contribution is -2.46. The molecule has 1 aliphatic heterocycles.